The monoisotopic (exact) mass is 241 g/mol. The minimum atomic E-state index is -0.955. The van der Waals surface area contributed by atoms with Crippen molar-refractivity contribution in [1.82, 2.24) is 4.90 Å². The van der Waals surface area contributed by atoms with E-state index in [2.05, 4.69) is 0 Å². The van der Waals surface area contributed by atoms with E-state index in [0.29, 0.717) is 26.3 Å². The summed E-state index contributed by atoms with van der Waals surface area (Å²) in [6, 6.07) is 2.31. The van der Waals surface area contributed by atoms with Crippen LogP contribution in [0.2, 0.25) is 0 Å². The van der Waals surface area contributed by atoms with Crippen LogP contribution in [0.15, 0.2) is 12.1 Å². The Morgan fingerprint density at radius 1 is 1.29 bits per heavy atom. The predicted octanol–water partition coefficient (Wildman–Crippen LogP) is 1.75. The number of ether oxygens (including phenoxy) is 1. The fraction of sp³-hybridized carbons (Fsp3) is 0.417. The normalized spacial score (nSPS) is 16.1. The Morgan fingerprint density at radius 2 is 1.94 bits per heavy atom. The van der Waals surface area contributed by atoms with Gasteiger partial charge in [-0.05, 0) is 19.1 Å². The number of amides is 1. The number of hydrogen-bond donors (Lipinski definition) is 0. The quantitative estimate of drug-likeness (QED) is 0.749. The first kappa shape index (κ1) is 12.0. The van der Waals surface area contributed by atoms with Crippen LogP contribution in [0.25, 0.3) is 0 Å². The summed E-state index contributed by atoms with van der Waals surface area (Å²) < 4.78 is 31.4. The molecule has 0 radical (unpaired) electrons. The number of morpholine rings is 1. The molecule has 0 aromatic heterocycles. The zero-order valence-electron chi connectivity index (χ0n) is 9.50. The first-order valence-corrected chi connectivity index (χ1v) is 5.43. The number of halogens is 2. The van der Waals surface area contributed by atoms with Gasteiger partial charge in [0.25, 0.3) is 5.91 Å². The summed E-state index contributed by atoms with van der Waals surface area (Å²) in [5.41, 5.74) is 0.271. The lowest BCUT2D eigenvalue weighted by atomic mass is 10.1. The van der Waals surface area contributed by atoms with Crippen LogP contribution in [0.4, 0.5) is 8.78 Å². The summed E-state index contributed by atoms with van der Waals surface area (Å²) in [4.78, 5) is 13.7. The number of nitrogens with zero attached hydrogens (tertiary/aromatic N) is 1. The topological polar surface area (TPSA) is 29.5 Å². The van der Waals surface area contributed by atoms with Gasteiger partial charge in [0.05, 0.1) is 13.2 Å². The summed E-state index contributed by atoms with van der Waals surface area (Å²) in [5, 5.41) is 0. The maximum atomic E-state index is 13.3. The van der Waals surface area contributed by atoms with Crippen LogP contribution in [0, 0.1) is 18.6 Å². The number of carbonyl (C=O) groups excluding carboxylic acids is 1. The summed E-state index contributed by atoms with van der Waals surface area (Å²) >= 11 is 0. The number of hydrogen-bond acceptors (Lipinski definition) is 2. The van der Waals surface area contributed by atoms with Gasteiger partial charge in [-0.2, -0.15) is 0 Å². The molecule has 0 saturated carbocycles. The molecule has 0 aliphatic carbocycles. The maximum absolute atomic E-state index is 13.3. The zero-order chi connectivity index (χ0) is 12.4. The van der Waals surface area contributed by atoms with Gasteiger partial charge in [0.15, 0.2) is 11.6 Å². The van der Waals surface area contributed by atoms with Gasteiger partial charge in [-0.25, -0.2) is 8.78 Å². The Balaban J connectivity index is 2.27. The van der Waals surface area contributed by atoms with Crippen molar-refractivity contribution in [2.24, 2.45) is 0 Å². The van der Waals surface area contributed by atoms with Crippen molar-refractivity contribution < 1.29 is 18.3 Å². The van der Waals surface area contributed by atoms with Crippen molar-refractivity contribution in [3.8, 4) is 0 Å². The standard InChI is InChI=1S/C12H13F2NO2/c1-8-9(2-3-10(13)11(8)14)12(16)15-4-6-17-7-5-15/h2-3H,4-7H2,1H3. The largest absolute Gasteiger partial charge is 0.378 e. The van der Waals surface area contributed by atoms with E-state index in [1.165, 1.54) is 13.0 Å². The molecule has 1 saturated heterocycles. The molecule has 0 spiro atoms. The molecule has 1 heterocycles. The molecule has 3 nitrogen and oxygen atoms in total. The lowest BCUT2D eigenvalue weighted by molar-refractivity contribution is 0.0302. The third-order valence-corrected chi connectivity index (χ3v) is 2.87. The Morgan fingerprint density at radius 3 is 2.59 bits per heavy atom. The molecule has 1 aromatic carbocycles. The van der Waals surface area contributed by atoms with Crippen molar-refractivity contribution in [3.63, 3.8) is 0 Å². The number of benzene rings is 1. The van der Waals surface area contributed by atoms with E-state index < -0.39 is 11.6 Å². The first-order valence-electron chi connectivity index (χ1n) is 5.43. The van der Waals surface area contributed by atoms with Crippen molar-refractivity contribution in [1.29, 1.82) is 0 Å². The minimum absolute atomic E-state index is 0.0569. The molecule has 17 heavy (non-hydrogen) atoms. The highest BCUT2D eigenvalue weighted by molar-refractivity contribution is 5.95. The molecule has 1 aromatic rings. The Labute approximate surface area is 98.0 Å². The van der Waals surface area contributed by atoms with Crippen molar-refractivity contribution in [3.05, 3.63) is 34.9 Å². The van der Waals surface area contributed by atoms with E-state index in [1.54, 1.807) is 4.90 Å². The zero-order valence-corrected chi connectivity index (χ0v) is 9.50. The fourth-order valence-corrected chi connectivity index (χ4v) is 1.82. The van der Waals surface area contributed by atoms with Gasteiger partial charge in [0, 0.05) is 24.2 Å². The van der Waals surface area contributed by atoms with Crippen LogP contribution in [0.3, 0.4) is 0 Å². The fourth-order valence-electron chi connectivity index (χ4n) is 1.82. The first-order chi connectivity index (χ1) is 8.11. The lowest BCUT2D eigenvalue weighted by Crippen LogP contribution is -2.41. The molecule has 0 N–H and O–H groups in total. The minimum Gasteiger partial charge on any atom is -0.378 e. The third-order valence-electron chi connectivity index (χ3n) is 2.87. The molecule has 0 unspecified atom stereocenters. The summed E-state index contributed by atoms with van der Waals surface area (Å²) in [6.07, 6.45) is 0. The van der Waals surface area contributed by atoms with Crippen LogP contribution in [0.5, 0.6) is 0 Å². The summed E-state index contributed by atoms with van der Waals surface area (Å²) in [6.45, 7) is 3.34. The van der Waals surface area contributed by atoms with Crippen LogP contribution >= 0.6 is 0 Å². The van der Waals surface area contributed by atoms with Gasteiger partial charge in [-0.3, -0.25) is 4.79 Å². The van der Waals surface area contributed by atoms with Crippen LogP contribution in [0.1, 0.15) is 15.9 Å². The smallest absolute Gasteiger partial charge is 0.254 e. The van der Waals surface area contributed by atoms with E-state index >= 15 is 0 Å². The summed E-state index contributed by atoms with van der Waals surface area (Å²) in [5.74, 6) is -2.16. The molecular weight excluding hydrogens is 228 g/mol. The highest BCUT2D eigenvalue weighted by Gasteiger charge is 2.22. The lowest BCUT2D eigenvalue weighted by Gasteiger charge is -2.27. The average molecular weight is 241 g/mol. The Kier molecular flexibility index (Phi) is 3.38. The van der Waals surface area contributed by atoms with Crippen molar-refractivity contribution in [2.45, 2.75) is 6.92 Å². The van der Waals surface area contributed by atoms with E-state index in [4.69, 9.17) is 4.74 Å². The molecule has 0 bridgehead atoms. The third kappa shape index (κ3) is 2.29. The highest BCUT2D eigenvalue weighted by atomic mass is 19.2. The van der Waals surface area contributed by atoms with E-state index in [-0.39, 0.29) is 17.0 Å². The Bertz CT molecular complexity index is 442. The maximum Gasteiger partial charge on any atom is 0.254 e. The van der Waals surface area contributed by atoms with E-state index in [0.717, 1.165) is 6.07 Å². The summed E-state index contributed by atoms with van der Waals surface area (Å²) in [7, 11) is 0. The van der Waals surface area contributed by atoms with Gasteiger partial charge in [-0.15, -0.1) is 0 Å². The molecule has 1 amide bonds. The van der Waals surface area contributed by atoms with Gasteiger partial charge in [0.2, 0.25) is 0 Å². The molecule has 0 atom stereocenters. The second-order valence-electron chi connectivity index (χ2n) is 3.94. The van der Waals surface area contributed by atoms with Gasteiger partial charge in [-0.1, -0.05) is 0 Å². The van der Waals surface area contributed by atoms with E-state index in [9.17, 15) is 13.6 Å². The molecule has 5 heteroatoms. The van der Waals surface area contributed by atoms with Crippen LogP contribution in [-0.4, -0.2) is 37.1 Å². The van der Waals surface area contributed by atoms with Crippen LogP contribution < -0.4 is 0 Å². The molecule has 1 aliphatic rings. The van der Waals surface area contributed by atoms with Crippen LogP contribution in [-0.2, 0) is 4.74 Å². The Hall–Kier alpha value is -1.49. The van der Waals surface area contributed by atoms with E-state index in [1.807, 2.05) is 0 Å². The number of carbonyl (C=O) groups is 1. The molecule has 92 valence electrons. The molecule has 1 aliphatic heterocycles. The molecule has 1 fully saturated rings. The highest BCUT2D eigenvalue weighted by Crippen LogP contribution is 2.18. The molecular formula is C12H13F2NO2. The van der Waals surface area contributed by atoms with Gasteiger partial charge in [0.1, 0.15) is 0 Å². The average Bonchev–Trinajstić information content (AvgIpc) is 2.36. The van der Waals surface area contributed by atoms with Crippen molar-refractivity contribution >= 4 is 5.91 Å². The van der Waals surface area contributed by atoms with Gasteiger partial charge >= 0.3 is 0 Å². The van der Waals surface area contributed by atoms with Gasteiger partial charge < -0.3 is 9.64 Å². The van der Waals surface area contributed by atoms with Crippen molar-refractivity contribution in [2.75, 3.05) is 26.3 Å². The predicted molar refractivity (Wildman–Crippen MR) is 57.8 cm³/mol. The SMILES string of the molecule is Cc1c(C(=O)N2CCOCC2)ccc(F)c1F. The second-order valence-corrected chi connectivity index (χ2v) is 3.94. The molecule has 2 rings (SSSR count). The number of rotatable bonds is 1. The second kappa shape index (κ2) is 4.79.